The van der Waals surface area contributed by atoms with Crippen LogP contribution in [-0.4, -0.2) is 18.3 Å². The van der Waals surface area contributed by atoms with Crippen LogP contribution in [0.5, 0.6) is 5.95 Å². The molecule has 1 N–H and O–H groups in total. The number of hydrogen-bond acceptors (Lipinski definition) is 3. The van der Waals surface area contributed by atoms with E-state index in [0.29, 0.717) is 0 Å². The molecule has 1 rings (SSSR count). The van der Waals surface area contributed by atoms with Gasteiger partial charge in [-0.2, -0.15) is 0 Å². The van der Waals surface area contributed by atoms with Crippen molar-refractivity contribution in [1.82, 2.24) is 0 Å². The van der Waals surface area contributed by atoms with Crippen molar-refractivity contribution < 1.29 is 14.3 Å². The van der Waals surface area contributed by atoms with E-state index in [1.54, 1.807) is 6.07 Å². The van der Waals surface area contributed by atoms with Gasteiger partial charge in [0, 0.05) is 19.3 Å². The summed E-state index contributed by atoms with van der Waals surface area (Å²) in [5.41, 5.74) is 0. The predicted molar refractivity (Wildman–Crippen MR) is 42.5 cm³/mol. The summed E-state index contributed by atoms with van der Waals surface area (Å²) < 4.78 is 9.22. The third kappa shape index (κ3) is 6.93. The molecule has 11 heavy (non-hydrogen) atoms. The lowest BCUT2D eigenvalue weighted by Crippen LogP contribution is -1.84. The Labute approximate surface area is 66.6 Å². The van der Waals surface area contributed by atoms with Crippen molar-refractivity contribution in [2.24, 2.45) is 0 Å². The summed E-state index contributed by atoms with van der Waals surface area (Å²) in [6.45, 7) is 5.67. The fourth-order valence-corrected chi connectivity index (χ4v) is 0.474. The fraction of sp³-hybridized carbons (Fsp3) is 0.500. The average molecular weight is 158 g/mol. The van der Waals surface area contributed by atoms with Gasteiger partial charge < -0.3 is 14.3 Å². The van der Waals surface area contributed by atoms with E-state index in [2.05, 4.69) is 4.42 Å². The minimum absolute atomic E-state index is 0.0324. The van der Waals surface area contributed by atoms with Crippen LogP contribution in [0.25, 0.3) is 0 Å². The molecule has 64 valence electrons. The number of ether oxygens (including phenoxy) is 1. The monoisotopic (exact) mass is 158 g/mol. The van der Waals surface area contributed by atoms with E-state index in [1.807, 2.05) is 13.8 Å². The topological polar surface area (TPSA) is 42.6 Å². The third-order valence-electron chi connectivity index (χ3n) is 0.914. The zero-order valence-corrected chi connectivity index (χ0v) is 6.91. The van der Waals surface area contributed by atoms with Gasteiger partial charge in [0.05, 0.1) is 6.26 Å². The maximum atomic E-state index is 8.31. The molecule has 0 spiro atoms. The summed E-state index contributed by atoms with van der Waals surface area (Å²) in [6, 6.07) is 3.09. The molecule has 1 aromatic rings. The molecule has 1 heterocycles. The normalized spacial score (nSPS) is 8.55. The summed E-state index contributed by atoms with van der Waals surface area (Å²) in [7, 11) is 0. The molecule has 0 atom stereocenters. The van der Waals surface area contributed by atoms with E-state index in [9.17, 15) is 0 Å². The summed E-state index contributed by atoms with van der Waals surface area (Å²) in [6.07, 6.45) is 1.41. The highest BCUT2D eigenvalue weighted by molar-refractivity contribution is 5.00. The van der Waals surface area contributed by atoms with Gasteiger partial charge in [-0.3, -0.25) is 0 Å². The summed E-state index contributed by atoms with van der Waals surface area (Å²) in [4.78, 5) is 0. The lowest BCUT2D eigenvalue weighted by molar-refractivity contribution is 0.162. The molecular formula is C8H14O3. The minimum atomic E-state index is -0.0324. The highest BCUT2D eigenvalue weighted by Crippen LogP contribution is 2.04. The Morgan fingerprint density at radius 2 is 2.09 bits per heavy atom. The Hall–Kier alpha value is -0.960. The molecule has 0 saturated carbocycles. The van der Waals surface area contributed by atoms with Crippen LogP contribution in [0, 0.1) is 0 Å². The summed E-state index contributed by atoms with van der Waals surface area (Å²) in [5.74, 6) is -0.0324. The predicted octanol–water partition coefficient (Wildman–Crippen LogP) is 2.03. The molecule has 3 heteroatoms. The molecule has 0 unspecified atom stereocenters. The van der Waals surface area contributed by atoms with Crippen molar-refractivity contribution in [2.45, 2.75) is 13.8 Å². The largest absolute Gasteiger partial charge is 0.481 e. The second kappa shape index (κ2) is 7.15. The Morgan fingerprint density at radius 1 is 1.45 bits per heavy atom. The highest BCUT2D eigenvalue weighted by Gasteiger charge is 1.79. The van der Waals surface area contributed by atoms with Crippen LogP contribution in [0.2, 0.25) is 0 Å². The Morgan fingerprint density at radius 3 is 2.18 bits per heavy atom. The van der Waals surface area contributed by atoms with Gasteiger partial charge in [-0.1, -0.05) is 0 Å². The van der Waals surface area contributed by atoms with Crippen LogP contribution in [0.3, 0.4) is 0 Å². The Kier molecular flexibility index (Phi) is 6.53. The van der Waals surface area contributed by atoms with Crippen molar-refractivity contribution >= 4 is 0 Å². The zero-order chi connectivity index (χ0) is 8.53. The van der Waals surface area contributed by atoms with E-state index >= 15 is 0 Å². The van der Waals surface area contributed by atoms with E-state index < -0.39 is 0 Å². The van der Waals surface area contributed by atoms with Crippen LogP contribution in [0.15, 0.2) is 22.8 Å². The molecule has 0 bridgehead atoms. The zero-order valence-electron chi connectivity index (χ0n) is 6.91. The molecule has 0 aliphatic heterocycles. The number of hydrogen-bond donors (Lipinski definition) is 1. The van der Waals surface area contributed by atoms with Crippen molar-refractivity contribution in [1.29, 1.82) is 0 Å². The van der Waals surface area contributed by atoms with E-state index in [-0.39, 0.29) is 5.95 Å². The first-order valence-corrected chi connectivity index (χ1v) is 3.61. The lowest BCUT2D eigenvalue weighted by Gasteiger charge is -1.86. The van der Waals surface area contributed by atoms with Crippen LogP contribution in [0.1, 0.15) is 13.8 Å². The molecule has 0 aromatic carbocycles. The molecule has 0 fully saturated rings. The molecular weight excluding hydrogens is 144 g/mol. The lowest BCUT2D eigenvalue weighted by atomic mass is 10.7. The smallest absolute Gasteiger partial charge is 0.281 e. The van der Waals surface area contributed by atoms with Crippen LogP contribution >= 0.6 is 0 Å². The van der Waals surface area contributed by atoms with Gasteiger partial charge in [0.25, 0.3) is 5.95 Å². The van der Waals surface area contributed by atoms with E-state index in [4.69, 9.17) is 9.84 Å². The van der Waals surface area contributed by atoms with Gasteiger partial charge in [-0.15, -0.1) is 0 Å². The quantitative estimate of drug-likeness (QED) is 0.716. The van der Waals surface area contributed by atoms with Crippen molar-refractivity contribution in [3.63, 3.8) is 0 Å². The highest BCUT2D eigenvalue weighted by atomic mass is 16.5. The second-order valence-corrected chi connectivity index (χ2v) is 1.73. The number of aromatic hydroxyl groups is 1. The summed E-state index contributed by atoms with van der Waals surface area (Å²) in [5, 5.41) is 8.31. The first-order chi connectivity index (χ1) is 5.31. The minimum Gasteiger partial charge on any atom is -0.481 e. The van der Waals surface area contributed by atoms with Gasteiger partial charge >= 0.3 is 0 Å². The fourth-order valence-electron chi connectivity index (χ4n) is 0.474. The average Bonchev–Trinajstić information content (AvgIpc) is 2.43. The molecule has 3 nitrogen and oxygen atoms in total. The van der Waals surface area contributed by atoms with Gasteiger partial charge in [0.15, 0.2) is 0 Å². The van der Waals surface area contributed by atoms with Crippen molar-refractivity contribution in [2.75, 3.05) is 13.2 Å². The molecule has 0 radical (unpaired) electrons. The van der Waals surface area contributed by atoms with Crippen molar-refractivity contribution in [3.8, 4) is 5.95 Å². The van der Waals surface area contributed by atoms with E-state index in [1.165, 1.54) is 12.3 Å². The van der Waals surface area contributed by atoms with Crippen LogP contribution < -0.4 is 0 Å². The van der Waals surface area contributed by atoms with Gasteiger partial charge in [0.1, 0.15) is 0 Å². The first-order valence-electron chi connectivity index (χ1n) is 3.61. The van der Waals surface area contributed by atoms with Crippen LogP contribution in [-0.2, 0) is 4.74 Å². The molecule has 1 aromatic heterocycles. The second-order valence-electron chi connectivity index (χ2n) is 1.73. The number of rotatable bonds is 2. The summed E-state index contributed by atoms with van der Waals surface area (Å²) >= 11 is 0. The van der Waals surface area contributed by atoms with Gasteiger partial charge in [-0.25, -0.2) is 0 Å². The Balaban J connectivity index is 0.000000187. The molecule has 0 amide bonds. The molecule has 0 aliphatic rings. The van der Waals surface area contributed by atoms with E-state index in [0.717, 1.165) is 13.2 Å². The van der Waals surface area contributed by atoms with Crippen molar-refractivity contribution in [3.05, 3.63) is 18.4 Å². The standard InChI is InChI=1S/C4H4O2.C4H10O/c5-4-2-1-3-6-4;1-3-5-4-2/h1-3,5H;3-4H2,1-2H3. The molecule has 0 saturated heterocycles. The Bertz CT molecular complexity index is 144. The maximum absolute atomic E-state index is 8.31. The van der Waals surface area contributed by atoms with Gasteiger partial charge in [0.2, 0.25) is 0 Å². The van der Waals surface area contributed by atoms with Crippen LogP contribution in [0.4, 0.5) is 0 Å². The third-order valence-corrected chi connectivity index (χ3v) is 0.914. The number of furan rings is 1. The maximum Gasteiger partial charge on any atom is 0.281 e. The first kappa shape index (κ1) is 10.0. The SMILES string of the molecule is CCOCC.Oc1ccco1. The van der Waals surface area contributed by atoms with Gasteiger partial charge in [-0.05, 0) is 19.9 Å². The molecule has 0 aliphatic carbocycles.